The van der Waals surface area contributed by atoms with Gasteiger partial charge in [-0.15, -0.1) is 0 Å². The highest BCUT2D eigenvalue weighted by Crippen LogP contribution is 2.15. The third-order valence-corrected chi connectivity index (χ3v) is 2.13. The minimum absolute atomic E-state index is 0.614. The van der Waals surface area contributed by atoms with E-state index in [-0.39, 0.29) is 0 Å². The molecular formula is C12H19NO2. The monoisotopic (exact) mass is 209 g/mol. The van der Waals surface area contributed by atoms with Crippen molar-refractivity contribution in [1.82, 2.24) is 5.32 Å². The Morgan fingerprint density at radius 1 is 1.53 bits per heavy atom. The summed E-state index contributed by atoms with van der Waals surface area (Å²) < 4.78 is 11.0. The summed E-state index contributed by atoms with van der Waals surface area (Å²) in [5.41, 5.74) is 1.13. The Labute approximate surface area is 91.1 Å². The molecule has 1 aromatic rings. The maximum Gasteiger partial charge on any atom is 0.118 e. The molecule has 0 amide bonds. The first-order valence-electron chi connectivity index (χ1n) is 5.19. The van der Waals surface area contributed by atoms with Crippen LogP contribution in [-0.2, 0) is 17.9 Å². The Balaban J connectivity index is 2.45. The molecule has 3 nitrogen and oxygen atoms in total. The van der Waals surface area contributed by atoms with E-state index >= 15 is 0 Å². The van der Waals surface area contributed by atoms with Crippen LogP contribution >= 0.6 is 0 Å². The van der Waals surface area contributed by atoms with E-state index in [0.717, 1.165) is 23.6 Å². The lowest BCUT2D eigenvalue weighted by molar-refractivity contribution is 0.147. The summed E-state index contributed by atoms with van der Waals surface area (Å²) in [4.78, 5) is 0. The van der Waals surface area contributed by atoms with Crippen molar-refractivity contribution in [1.29, 1.82) is 0 Å². The van der Waals surface area contributed by atoms with Gasteiger partial charge >= 0.3 is 0 Å². The predicted octanol–water partition coefficient (Wildman–Crippen LogP) is 2.40. The summed E-state index contributed by atoms with van der Waals surface area (Å²) in [5.74, 6) is 1.90. The van der Waals surface area contributed by atoms with Gasteiger partial charge in [0.25, 0.3) is 0 Å². The Hall–Kier alpha value is -1.06. The summed E-state index contributed by atoms with van der Waals surface area (Å²) in [6.45, 7) is 5.98. The number of aryl methyl sites for hydroxylation is 1. The van der Waals surface area contributed by atoms with E-state index in [1.807, 2.05) is 39.1 Å². The number of hydrogen-bond donors (Lipinski definition) is 1. The summed E-state index contributed by atoms with van der Waals surface area (Å²) in [6.07, 6.45) is 3.97. The highest BCUT2D eigenvalue weighted by molar-refractivity contribution is 5.19. The molecule has 15 heavy (non-hydrogen) atoms. The van der Waals surface area contributed by atoms with Crippen molar-refractivity contribution in [3.63, 3.8) is 0 Å². The van der Waals surface area contributed by atoms with Gasteiger partial charge in [0.2, 0.25) is 0 Å². The number of furan rings is 1. The molecule has 0 saturated heterocycles. The van der Waals surface area contributed by atoms with Gasteiger partial charge in [0, 0.05) is 5.56 Å². The summed E-state index contributed by atoms with van der Waals surface area (Å²) in [6, 6.07) is 2.04. The molecule has 0 aliphatic rings. The first-order valence-corrected chi connectivity index (χ1v) is 5.19. The van der Waals surface area contributed by atoms with Crippen molar-refractivity contribution in [2.24, 2.45) is 0 Å². The molecule has 0 atom stereocenters. The van der Waals surface area contributed by atoms with E-state index in [4.69, 9.17) is 9.15 Å². The van der Waals surface area contributed by atoms with E-state index in [0.29, 0.717) is 13.2 Å². The van der Waals surface area contributed by atoms with Crippen LogP contribution in [0.5, 0.6) is 0 Å². The molecule has 1 aromatic heterocycles. The van der Waals surface area contributed by atoms with Gasteiger partial charge in [-0.05, 0) is 27.0 Å². The molecular weight excluding hydrogens is 190 g/mol. The Morgan fingerprint density at radius 2 is 2.33 bits per heavy atom. The van der Waals surface area contributed by atoms with Crippen molar-refractivity contribution in [3.8, 4) is 0 Å². The smallest absolute Gasteiger partial charge is 0.118 e. The molecule has 0 spiro atoms. The Bertz CT molecular complexity index is 315. The van der Waals surface area contributed by atoms with Crippen LogP contribution in [0, 0.1) is 6.92 Å². The molecule has 1 heterocycles. The second kappa shape index (κ2) is 6.43. The molecule has 0 unspecified atom stereocenters. The van der Waals surface area contributed by atoms with Crippen LogP contribution in [0.1, 0.15) is 24.0 Å². The van der Waals surface area contributed by atoms with Gasteiger partial charge in [0.15, 0.2) is 0 Å². The van der Waals surface area contributed by atoms with Crippen molar-refractivity contribution >= 4 is 0 Å². The summed E-state index contributed by atoms with van der Waals surface area (Å²) in [5, 5.41) is 3.06. The first-order chi connectivity index (χ1) is 7.27. The molecule has 84 valence electrons. The summed E-state index contributed by atoms with van der Waals surface area (Å²) >= 11 is 0. The van der Waals surface area contributed by atoms with Gasteiger partial charge in [-0.25, -0.2) is 0 Å². The molecule has 0 aromatic carbocycles. The van der Waals surface area contributed by atoms with E-state index < -0.39 is 0 Å². The zero-order valence-electron chi connectivity index (χ0n) is 9.67. The first kappa shape index (κ1) is 12.0. The highest BCUT2D eigenvalue weighted by atomic mass is 16.5. The Morgan fingerprint density at radius 3 is 3.00 bits per heavy atom. The molecule has 0 bridgehead atoms. The lowest BCUT2D eigenvalue weighted by Gasteiger charge is -1.98. The highest BCUT2D eigenvalue weighted by Gasteiger charge is 2.06. The zero-order chi connectivity index (χ0) is 11.1. The fraction of sp³-hybridized carbons (Fsp3) is 0.500. The lowest BCUT2D eigenvalue weighted by atomic mass is 10.2. The standard InChI is InChI=1S/C12H19NO2/c1-4-5-6-14-9-11-7-12(8-13-3)15-10(11)2/h4-5,7,13H,6,8-9H2,1-3H3. The van der Waals surface area contributed by atoms with Crippen LogP contribution in [0.25, 0.3) is 0 Å². The third-order valence-electron chi connectivity index (χ3n) is 2.13. The van der Waals surface area contributed by atoms with Crippen molar-refractivity contribution < 1.29 is 9.15 Å². The van der Waals surface area contributed by atoms with Crippen LogP contribution in [0.4, 0.5) is 0 Å². The molecule has 3 heteroatoms. The van der Waals surface area contributed by atoms with Gasteiger partial charge in [0.05, 0.1) is 19.8 Å². The van der Waals surface area contributed by atoms with E-state index in [1.54, 1.807) is 0 Å². The Kier molecular flexibility index (Phi) is 5.15. The maximum atomic E-state index is 5.55. The van der Waals surface area contributed by atoms with Gasteiger partial charge in [-0.2, -0.15) is 0 Å². The SMILES string of the molecule is CC=CCOCc1cc(CNC)oc1C. The van der Waals surface area contributed by atoms with Crippen molar-refractivity contribution in [3.05, 3.63) is 35.3 Å². The van der Waals surface area contributed by atoms with E-state index in [2.05, 4.69) is 5.32 Å². The second-order valence-corrected chi connectivity index (χ2v) is 3.41. The van der Waals surface area contributed by atoms with Gasteiger partial charge in [0.1, 0.15) is 11.5 Å². The van der Waals surface area contributed by atoms with Crippen LogP contribution in [0.3, 0.4) is 0 Å². The zero-order valence-corrected chi connectivity index (χ0v) is 9.67. The quantitative estimate of drug-likeness (QED) is 0.577. The molecule has 0 aliphatic carbocycles. The van der Waals surface area contributed by atoms with Gasteiger partial charge < -0.3 is 14.5 Å². The largest absolute Gasteiger partial charge is 0.465 e. The minimum Gasteiger partial charge on any atom is -0.465 e. The van der Waals surface area contributed by atoms with Crippen LogP contribution in [-0.4, -0.2) is 13.7 Å². The van der Waals surface area contributed by atoms with Crippen LogP contribution in [0.2, 0.25) is 0 Å². The molecule has 0 saturated carbocycles. The normalized spacial score (nSPS) is 11.4. The fourth-order valence-corrected chi connectivity index (χ4v) is 1.33. The molecule has 0 fully saturated rings. The average Bonchev–Trinajstić information content (AvgIpc) is 2.55. The van der Waals surface area contributed by atoms with Crippen LogP contribution < -0.4 is 5.32 Å². The predicted molar refractivity (Wildman–Crippen MR) is 60.7 cm³/mol. The number of rotatable bonds is 6. The van der Waals surface area contributed by atoms with Crippen molar-refractivity contribution in [2.75, 3.05) is 13.7 Å². The maximum absolute atomic E-state index is 5.55. The lowest BCUT2D eigenvalue weighted by Crippen LogP contribution is -2.03. The van der Waals surface area contributed by atoms with Crippen molar-refractivity contribution in [2.45, 2.75) is 27.0 Å². The second-order valence-electron chi connectivity index (χ2n) is 3.41. The number of hydrogen-bond acceptors (Lipinski definition) is 3. The average molecular weight is 209 g/mol. The summed E-state index contributed by atoms with van der Waals surface area (Å²) in [7, 11) is 1.90. The number of ether oxygens (including phenoxy) is 1. The minimum atomic E-state index is 0.614. The van der Waals surface area contributed by atoms with Gasteiger partial charge in [-0.3, -0.25) is 0 Å². The topological polar surface area (TPSA) is 34.4 Å². The van der Waals surface area contributed by atoms with Crippen LogP contribution in [0.15, 0.2) is 22.6 Å². The third kappa shape index (κ3) is 3.90. The molecule has 0 radical (unpaired) electrons. The fourth-order valence-electron chi connectivity index (χ4n) is 1.33. The molecule has 0 aliphatic heterocycles. The number of allylic oxidation sites excluding steroid dienone is 1. The molecule has 1 N–H and O–H groups in total. The van der Waals surface area contributed by atoms with E-state index in [1.165, 1.54) is 0 Å². The van der Waals surface area contributed by atoms with E-state index in [9.17, 15) is 0 Å². The number of nitrogens with one attached hydrogen (secondary N) is 1. The molecule has 1 rings (SSSR count). The van der Waals surface area contributed by atoms with Gasteiger partial charge in [-0.1, -0.05) is 12.2 Å².